The molecule has 11 heavy (non-hydrogen) atoms. The normalized spacial score (nSPS) is 10.5. The molecule has 1 atom stereocenters. The van der Waals surface area contributed by atoms with Crippen molar-refractivity contribution in [2.45, 2.75) is 0 Å². The topological polar surface area (TPSA) is 16.8 Å². The first kappa shape index (κ1) is 6.56. The van der Waals surface area contributed by atoms with Gasteiger partial charge in [-0.2, -0.15) is 0 Å². The Kier molecular flexibility index (Phi) is 1.70. The number of para-hydroxylation sites is 1. The van der Waals surface area contributed by atoms with Gasteiger partial charge >= 0.3 is 0 Å². The van der Waals surface area contributed by atoms with Crippen LogP contribution in [0, 0.1) is 0 Å². The van der Waals surface area contributed by atoms with Crippen LogP contribution in [0.2, 0.25) is 0 Å². The van der Waals surface area contributed by atoms with Crippen LogP contribution in [0.1, 0.15) is 0 Å². The van der Waals surface area contributed by atoms with Crippen LogP contribution in [0.25, 0.3) is 5.69 Å². The molecule has 2 rings (SSSR count). The summed E-state index contributed by atoms with van der Waals surface area (Å²) in [6.07, 6.45) is 0. The van der Waals surface area contributed by atoms with Crippen molar-refractivity contribution in [2.24, 2.45) is 0 Å². The van der Waals surface area contributed by atoms with Gasteiger partial charge in [-0.15, -0.1) is 0 Å². The quantitative estimate of drug-likeness (QED) is 0.580. The molecule has 0 saturated carbocycles. The zero-order valence-corrected chi connectivity index (χ0v) is 6.94. The van der Waals surface area contributed by atoms with Crippen LogP contribution >= 0.6 is 8.19 Å². The van der Waals surface area contributed by atoms with E-state index < -0.39 is 0 Å². The van der Waals surface area contributed by atoms with E-state index in [4.69, 9.17) is 0 Å². The Balaban J connectivity index is 2.46. The van der Waals surface area contributed by atoms with Crippen LogP contribution < -0.4 is 4.68 Å². The van der Waals surface area contributed by atoms with Gasteiger partial charge in [-0.3, -0.25) is 0 Å². The molecule has 2 nitrogen and oxygen atoms in total. The first-order valence-electron chi connectivity index (χ1n) is 3.43. The Bertz CT molecular complexity index is 315. The van der Waals surface area contributed by atoms with Gasteiger partial charge in [0.05, 0.1) is 0 Å². The van der Waals surface area contributed by atoms with E-state index in [0.717, 1.165) is 13.9 Å². The third-order valence-electron chi connectivity index (χ3n) is 1.47. The van der Waals surface area contributed by atoms with E-state index in [9.17, 15) is 0 Å². The summed E-state index contributed by atoms with van der Waals surface area (Å²) in [7, 11) is 0.724. The van der Waals surface area contributed by atoms with E-state index in [-0.39, 0.29) is 0 Å². The largest absolute Gasteiger partial charge is 0.238 e. The van der Waals surface area contributed by atoms with Gasteiger partial charge in [0.2, 0.25) is 11.6 Å². The smallest absolute Gasteiger partial charge is 0.0618 e. The molecule has 1 heterocycles. The van der Waals surface area contributed by atoms with E-state index in [1.165, 1.54) is 0 Å². The molecular weight excluding hydrogens is 155 g/mol. The summed E-state index contributed by atoms with van der Waals surface area (Å²) in [5.74, 6) is 4.00. The summed E-state index contributed by atoms with van der Waals surface area (Å²) in [5.41, 5.74) is 1.13. The third-order valence-corrected chi connectivity index (χ3v) is 2.13. The summed E-state index contributed by atoms with van der Waals surface area (Å²) in [5, 5.41) is 4.17. The van der Waals surface area contributed by atoms with Crippen molar-refractivity contribution < 1.29 is 4.68 Å². The average Bonchev–Trinajstić information content (AvgIpc) is 2.58. The standard InChI is InChI=1S/C8H8N2P/c1-2-4-8(5-3-1)10-7-11-6-9-10/h1-7,11H/q+1. The van der Waals surface area contributed by atoms with Gasteiger partial charge in [0.15, 0.2) is 0 Å². The molecule has 0 bridgehead atoms. The molecule has 0 aliphatic rings. The summed E-state index contributed by atoms with van der Waals surface area (Å²) in [4.78, 5) is 0. The molecule has 0 amide bonds. The van der Waals surface area contributed by atoms with Crippen LogP contribution in [0.5, 0.6) is 0 Å². The van der Waals surface area contributed by atoms with E-state index >= 15 is 0 Å². The van der Waals surface area contributed by atoms with Gasteiger partial charge in [0, 0.05) is 17.2 Å². The first-order valence-corrected chi connectivity index (χ1v) is 4.58. The molecule has 1 unspecified atom stereocenters. The fraction of sp³-hybridized carbons (Fsp3) is 0. The Morgan fingerprint density at radius 2 is 2.00 bits per heavy atom. The molecule has 2 aromatic rings. The van der Waals surface area contributed by atoms with Gasteiger partial charge in [0.1, 0.15) is 5.93 Å². The summed E-state index contributed by atoms with van der Waals surface area (Å²) in [6, 6.07) is 10.1. The van der Waals surface area contributed by atoms with Crippen LogP contribution in [0.15, 0.2) is 42.2 Å². The lowest BCUT2D eigenvalue weighted by molar-refractivity contribution is -0.653. The third kappa shape index (κ3) is 1.31. The van der Waals surface area contributed by atoms with Gasteiger partial charge < -0.3 is 0 Å². The van der Waals surface area contributed by atoms with Gasteiger partial charge in [0.25, 0.3) is 0 Å². The predicted octanol–water partition coefficient (Wildman–Crippen LogP) is 1.39. The number of benzene rings is 1. The van der Waals surface area contributed by atoms with Gasteiger partial charge in [-0.25, -0.2) is 0 Å². The predicted molar refractivity (Wildman–Crippen MR) is 45.3 cm³/mol. The second-order valence-corrected chi connectivity index (χ2v) is 3.07. The summed E-state index contributed by atoms with van der Waals surface area (Å²) < 4.78 is 1.90. The zero-order valence-electron chi connectivity index (χ0n) is 5.94. The highest BCUT2D eigenvalue weighted by molar-refractivity contribution is 7.27. The lowest BCUT2D eigenvalue weighted by atomic mass is 10.3. The molecule has 0 aliphatic heterocycles. The zero-order chi connectivity index (χ0) is 7.52. The number of aromatic nitrogens is 2. The second-order valence-electron chi connectivity index (χ2n) is 2.22. The maximum absolute atomic E-state index is 4.17. The van der Waals surface area contributed by atoms with E-state index in [1.807, 2.05) is 40.9 Å². The summed E-state index contributed by atoms with van der Waals surface area (Å²) in [6.45, 7) is 0. The molecule has 0 N–H and O–H groups in total. The number of hydrogen-bond acceptors (Lipinski definition) is 1. The fourth-order valence-electron chi connectivity index (χ4n) is 0.955. The average molecular weight is 163 g/mol. The Hall–Kier alpha value is -1.14. The molecule has 54 valence electrons. The van der Waals surface area contributed by atoms with E-state index in [1.54, 1.807) is 0 Å². The number of rotatable bonds is 1. The van der Waals surface area contributed by atoms with Crippen molar-refractivity contribution in [2.75, 3.05) is 0 Å². The second kappa shape index (κ2) is 2.85. The van der Waals surface area contributed by atoms with Crippen LogP contribution in [0.3, 0.4) is 0 Å². The Labute approximate surface area is 66.6 Å². The minimum absolute atomic E-state index is 0.724. The molecule has 3 heteroatoms. The van der Waals surface area contributed by atoms with Crippen molar-refractivity contribution >= 4 is 8.19 Å². The van der Waals surface area contributed by atoms with Crippen molar-refractivity contribution in [1.82, 2.24) is 5.10 Å². The summed E-state index contributed by atoms with van der Waals surface area (Å²) >= 11 is 0. The minimum Gasteiger partial charge on any atom is -0.0618 e. The molecular formula is C8H8N2P+. The molecule has 0 spiro atoms. The van der Waals surface area contributed by atoms with Gasteiger partial charge in [-0.1, -0.05) is 18.2 Å². The highest BCUT2D eigenvalue weighted by atomic mass is 31.0. The van der Waals surface area contributed by atoms with Crippen LogP contribution in [-0.4, -0.2) is 5.10 Å². The maximum atomic E-state index is 4.17. The SMILES string of the molecule is c1ccc(-[n+]2c[pH]cn2)cc1. The van der Waals surface area contributed by atoms with Crippen molar-refractivity contribution in [3.63, 3.8) is 0 Å². The Morgan fingerprint density at radius 1 is 1.18 bits per heavy atom. The van der Waals surface area contributed by atoms with Crippen molar-refractivity contribution in [3.05, 3.63) is 42.2 Å². The highest BCUT2D eigenvalue weighted by Crippen LogP contribution is 2.00. The van der Waals surface area contributed by atoms with Crippen molar-refractivity contribution in [3.8, 4) is 5.69 Å². The fourth-order valence-corrected chi connectivity index (χ4v) is 1.57. The number of hydrogen-bond donors (Lipinski definition) is 0. The monoisotopic (exact) mass is 163 g/mol. The van der Waals surface area contributed by atoms with Crippen molar-refractivity contribution in [1.29, 1.82) is 0 Å². The molecule has 0 aliphatic carbocycles. The van der Waals surface area contributed by atoms with E-state index in [0.29, 0.717) is 0 Å². The molecule has 0 fully saturated rings. The number of nitrogens with zero attached hydrogens (tertiary/aromatic N) is 2. The van der Waals surface area contributed by atoms with Crippen LogP contribution in [-0.2, 0) is 0 Å². The first-order chi connectivity index (χ1) is 5.47. The lowest BCUT2D eigenvalue weighted by Crippen LogP contribution is -2.30. The Morgan fingerprint density at radius 3 is 2.64 bits per heavy atom. The maximum Gasteiger partial charge on any atom is 0.238 e. The van der Waals surface area contributed by atoms with Crippen LogP contribution in [0.4, 0.5) is 0 Å². The molecule has 0 radical (unpaired) electrons. The van der Waals surface area contributed by atoms with E-state index in [2.05, 4.69) is 11.0 Å². The molecule has 1 aromatic carbocycles. The highest BCUT2D eigenvalue weighted by Gasteiger charge is 2.03. The minimum atomic E-state index is 0.724. The molecule has 0 saturated heterocycles. The lowest BCUT2D eigenvalue weighted by Gasteiger charge is -1.84. The van der Waals surface area contributed by atoms with Gasteiger partial charge in [-0.05, 0) is 12.9 Å². The molecule has 1 aromatic heterocycles.